The summed E-state index contributed by atoms with van der Waals surface area (Å²) in [6, 6.07) is 7.24. The van der Waals surface area contributed by atoms with Crippen LogP contribution in [0.1, 0.15) is 32.6 Å². The fraction of sp³-hybridized carbons (Fsp3) is 0.533. The number of carbonyl (C=O) groups excluding carboxylic acids is 1. The normalized spacial score (nSPS) is 11.7. The molecule has 19 heavy (non-hydrogen) atoms. The van der Waals surface area contributed by atoms with E-state index >= 15 is 0 Å². The Morgan fingerprint density at radius 3 is 2.42 bits per heavy atom. The quantitative estimate of drug-likeness (QED) is 0.579. The maximum absolute atomic E-state index is 11.7. The first-order valence-corrected chi connectivity index (χ1v) is 6.69. The highest BCUT2D eigenvalue weighted by Gasteiger charge is 2.18. The van der Waals surface area contributed by atoms with Crippen LogP contribution in [0.2, 0.25) is 0 Å². The molecule has 4 heteroatoms. The lowest BCUT2D eigenvalue weighted by Gasteiger charge is -2.17. The maximum Gasteiger partial charge on any atom is 0.328 e. The minimum absolute atomic E-state index is 0.216. The number of hydrogen-bond acceptors (Lipinski definition) is 4. The van der Waals surface area contributed by atoms with E-state index in [-0.39, 0.29) is 12.0 Å². The molecular formula is C15H23NO3. The van der Waals surface area contributed by atoms with Gasteiger partial charge in [-0.15, -0.1) is 0 Å². The van der Waals surface area contributed by atoms with Crippen LogP contribution in [0, 0.1) is 0 Å². The highest BCUT2D eigenvalue weighted by atomic mass is 16.5. The van der Waals surface area contributed by atoms with Crippen molar-refractivity contribution in [3.05, 3.63) is 24.3 Å². The van der Waals surface area contributed by atoms with Crippen LogP contribution >= 0.6 is 0 Å². The molecule has 0 saturated heterocycles. The van der Waals surface area contributed by atoms with Gasteiger partial charge in [0.1, 0.15) is 11.8 Å². The number of ether oxygens (including phenoxy) is 2. The van der Waals surface area contributed by atoms with Gasteiger partial charge in [-0.25, -0.2) is 4.79 Å². The molecule has 106 valence electrons. The summed E-state index contributed by atoms with van der Waals surface area (Å²) in [5.74, 6) is 0.582. The molecule has 0 fully saturated rings. The first-order valence-electron chi connectivity index (χ1n) is 6.69. The van der Waals surface area contributed by atoms with Crippen LogP contribution in [0.3, 0.4) is 0 Å². The third kappa shape index (κ3) is 5.20. The number of carbonyl (C=O) groups is 1. The van der Waals surface area contributed by atoms with Crippen LogP contribution in [-0.4, -0.2) is 26.2 Å². The van der Waals surface area contributed by atoms with Crippen molar-refractivity contribution < 1.29 is 14.3 Å². The topological polar surface area (TPSA) is 47.6 Å². The maximum atomic E-state index is 11.7. The second-order valence-electron chi connectivity index (χ2n) is 4.44. The zero-order valence-electron chi connectivity index (χ0n) is 11.9. The van der Waals surface area contributed by atoms with E-state index in [1.165, 1.54) is 7.11 Å². The van der Waals surface area contributed by atoms with Crippen LogP contribution in [0.25, 0.3) is 0 Å². The SMILES string of the molecule is CCCCCC(Nc1ccc(OC)cc1)C(=O)OC. The second kappa shape index (κ2) is 8.40. The molecule has 4 nitrogen and oxygen atoms in total. The zero-order chi connectivity index (χ0) is 14.1. The molecule has 1 aromatic carbocycles. The molecule has 0 heterocycles. The molecule has 0 aromatic heterocycles. The predicted octanol–water partition coefficient (Wildman–Crippen LogP) is 3.23. The molecular weight excluding hydrogens is 242 g/mol. The van der Waals surface area contributed by atoms with Crippen molar-refractivity contribution >= 4 is 11.7 Å². The van der Waals surface area contributed by atoms with Gasteiger partial charge in [0.25, 0.3) is 0 Å². The number of rotatable bonds is 8. The van der Waals surface area contributed by atoms with Gasteiger partial charge in [-0.2, -0.15) is 0 Å². The Balaban J connectivity index is 2.61. The Bertz CT molecular complexity index is 375. The molecule has 1 aromatic rings. The molecule has 1 N–H and O–H groups in total. The first-order chi connectivity index (χ1) is 9.21. The van der Waals surface area contributed by atoms with Crippen molar-refractivity contribution in [3.8, 4) is 5.75 Å². The summed E-state index contributed by atoms with van der Waals surface area (Å²) in [5, 5.41) is 3.21. The molecule has 1 unspecified atom stereocenters. The standard InChI is InChI=1S/C15H23NO3/c1-4-5-6-7-14(15(17)19-3)16-12-8-10-13(18-2)11-9-12/h8-11,14,16H,4-7H2,1-3H3. The number of benzene rings is 1. The van der Waals surface area contributed by atoms with Gasteiger partial charge in [0.2, 0.25) is 0 Å². The lowest BCUT2D eigenvalue weighted by Crippen LogP contribution is -2.30. The Labute approximate surface area is 115 Å². The van der Waals surface area contributed by atoms with E-state index in [1.54, 1.807) is 7.11 Å². The van der Waals surface area contributed by atoms with Gasteiger partial charge < -0.3 is 14.8 Å². The van der Waals surface area contributed by atoms with Crippen LogP contribution in [0.5, 0.6) is 5.75 Å². The number of nitrogens with one attached hydrogen (secondary N) is 1. The van der Waals surface area contributed by atoms with Gasteiger partial charge in [0, 0.05) is 5.69 Å². The molecule has 1 rings (SSSR count). The first kappa shape index (κ1) is 15.3. The summed E-state index contributed by atoms with van der Waals surface area (Å²) < 4.78 is 9.94. The fourth-order valence-electron chi connectivity index (χ4n) is 1.88. The molecule has 0 aliphatic carbocycles. The van der Waals surface area contributed by atoms with Gasteiger partial charge >= 0.3 is 5.97 Å². The lowest BCUT2D eigenvalue weighted by molar-refractivity contribution is -0.141. The van der Waals surface area contributed by atoms with Crippen LogP contribution in [0.15, 0.2) is 24.3 Å². The number of unbranched alkanes of at least 4 members (excludes halogenated alkanes) is 2. The van der Waals surface area contributed by atoms with Gasteiger partial charge in [0.05, 0.1) is 14.2 Å². The predicted molar refractivity (Wildman–Crippen MR) is 76.6 cm³/mol. The van der Waals surface area contributed by atoms with E-state index in [9.17, 15) is 4.79 Å². The van der Waals surface area contributed by atoms with E-state index in [4.69, 9.17) is 9.47 Å². The number of hydrogen-bond donors (Lipinski definition) is 1. The van der Waals surface area contributed by atoms with Crippen molar-refractivity contribution in [1.82, 2.24) is 0 Å². The van der Waals surface area contributed by atoms with E-state index < -0.39 is 0 Å². The van der Waals surface area contributed by atoms with Crippen molar-refractivity contribution in [2.24, 2.45) is 0 Å². The molecule has 0 amide bonds. The molecule has 0 saturated carbocycles. The average molecular weight is 265 g/mol. The fourth-order valence-corrected chi connectivity index (χ4v) is 1.88. The minimum Gasteiger partial charge on any atom is -0.497 e. The van der Waals surface area contributed by atoms with Gasteiger partial charge in [-0.1, -0.05) is 26.2 Å². The summed E-state index contributed by atoms with van der Waals surface area (Å²) in [6.07, 6.45) is 4.06. The van der Waals surface area contributed by atoms with Crippen molar-refractivity contribution in [1.29, 1.82) is 0 Å². The zero-order valence-corrected chi connectivity index (χ0v) is 11.9. The summed E-state index contributed by atoms with van der Waals surface area (Å²) in [4.78, 5) is 11.7. The number of esters is 1. The number of methoxy groups -OCH3 is 2. The van der Waals surface area contributed by atoms with Crippen molar-refractivity contribution in [2.75, 3.05) is 19.5 Å². The Morgan fingerprint density at radius 1 is 1.21 bits per heavy atom. The molecule has 0 radical (unpaired) electrons. The van der Waals surface area contributed by atoms with Gasteiger partial charge in [-0.05, 0) is 30.7 Å². The molecule has 0 bridgehead atoms. The molecule has 0 aliphatic rings. The van der Waals surface area contributed by atoms with E-state index in [0.717, 1.165) is 37.1 Å². The van der Waals surface area contributed by atoms with Gasteiger partial charge in [-0.3, -0.25) is 0 Å². The largest absolute Gasteiger partial charge is 0.497 e. The summed E-state index contributed by atoms with van der Waals surface area (Å²) in [7, 11) is 3.05. The average Bonchev–Trinajstić information content (AvgIpc) is 2.46. The monoisotopic (exact) mass is 265 g/mol. The minimum atomic E-state index is -0.287. The number of anilines is 1. The van der Waals surface area contributed by atoms with Gasteiger partial charge in [0.15, 0.2) is 0 Å². The smallest absolute Gasteiger partial charge is 0.328 e. The second-order valence-corrected chi connectivity index (χ2v) is 4.44. The van der Waals surface area contributed by atoms with E-state index in [0.29, 0.717) is 0 Å². The third-order valence-electron chi connectivity index (χ3n) is 3.01. The Kier molecular flexibility index (Phi) is 6.79. The van der Waals surface area contributed by atoms with E-state index in [1.807, 2.05) is 24.3 Å². The molecule has 0 spiro atoms. The Hall–Kier alpha value is -1.71. The van der Waals surface area contributed by atoms with Crippen LogP contribution in [0.4, 0.5) is 5.69 Å². The third-order valence-corrected chi connectivity index (χ3v) is 3.01. The summed E-state index contributed by atoms with van der Waals surface area (Å²) >= 11 is 0. The molecule has 0 aliphatic heterocycles. The summed E-state index contributed by atoms with van der Waals surface area (Å²) in [5.41, 5.74) is 0.896. The van der Waals surface area contributed by atoms with Crippen molar-refractivity contribution in [2.45, 2.75) is 38.6 Å². The lowest BCUT2D eigenvalue weighted by atomic mass is 10.1. The highest BCUT2D eigenvalue weighted by molar-refractivity contribution is 5.79. The van der Waals surface area contributed by atoms with Crippen LogP contribution in [-0.2, 0) is 9.53 Å². The summed E-state index contributed by atoms with van der Waals surface area (Å²) in [6.45, 7) is 2.14. The van der Waals surface area contributed by atoms with Crippen molar-refractivity contribution in [3.63, 3.8) is 0 Å². The van der Waals surface area contributed by atoms with E-state index in [2.05, 4.69) is 12.2 Å². The highest BCUT2D eigenvalue weighted by Crippen LogP contribution is 2.17. The Morgan fingerprint density at radius 2 is 1.89 bits per heavy atom. The van der Waals surface area contributed by atoms with Crippen LogP contribution < -0.4 is 10.1 Å². The molecule has 1 atom stereocenters.